The largest absolute Gasteiger partial charge is 0.351 e. The van der Waals surface area contributed by atoms with Crippen molar-refractivity contribution in [2.45, 2.75) is 25.3 Å². The summed E-state index contributed by atoms with van der Waals surface area (Å²) in [5.74, 6) is 1.98. The summed E-state index contributed by atoms with van der Waals surface area (Å²) in [6.07, 6.45) is 5.47. The molecule has 1 aromatic carbocycles. The second-order valence-electron chi connectivity index (χ2n) is 4.85. The Morgan fingerprint density at radius 1 is 1.28 bits per heavy atom. The summed E-state index contributed by atoms with van der Waals surface area (Å²) < 4.78 is 0. The van der Waals surface area contributed by atoms with Crippen LogP contribution in [0.15, 0.2) is 30.5 Å². The quantitative estimate of drug-likeness (QED) is 0.860. The van der Waals surface area contributed by atoms with Gasteiger partial charge in [-0.15, -0.1) is 11.6 Å². The van der Waals surface area contributed by atoms with Gasteiger partial charge in [0, 0.05) is 23.5 Å². The SMILES string of the molecule is ClCC1CCCC1Nc1ncc2ccccc2n1. The molecule has 18 heavy (non-hydrogen) atoms. The Hall–Kier alpha value is -1.35. The predicted molar refractivity (Wildman–Crippen MR) is 75.0 cm³/mol. The van der Waals surface area contributed by atoms with E-state index in [2.05, 4.69) is 15.3 Å². The second-order valence-corrected chi connectivity index (χ2v) is 5.16. The zero-order valence-corrected chi connectivity index (χ0v) is 10.9. The fraction of sp³-hybridized carbons (Fsp3) is 0.429. The van der Waals surface area contributed by atoms with E-state index in [1.54, 1.807) is 0 Å². The van der Waals surface area contributed by atoms with Gasteiger partial charge in [0.05, 0.1) is 5.52 Å². The molecule has 1 saturated carbocycles. The number of aromatic nitrogens is 2. The topological polar surface area (TPSA) is 37.8 Å². The van der Waals surface area contributed by atoms with E-state index in [-0.39, 0.29) is 0 Å². The van der Waals surface area contributed by atoms with Crippen LogP contribution in [0, 0.1) is 5.92 Å². The molecule has 0 aliphatic heterocycles. The molecule has 0 saturated heterocycles. The molecule has 0 radical (unpaired) electrons. The summed E-state index contributed by atoms with van der Waals surface area (Å²) in [6.45, 7) is 0. The van der Waals surface area contributed by atoms with Crippen LogP contribution in [-0.2, 0) is 0 Å². The van der Waals surface area contributed by atoms with Crippen molar-refractivity contribution < 1.29 is 0 Å². The minimum absolute atomic E-state index is 0.420. The van der Waals surface area contributed by atoms with E-state index in [1.807, 2.05) is 30.5 Å². The molecule has 0 spiro atoms. The summed E-state index contributed by atoms with van der Waals surface area (Å²) in [4.78, 5) is 8.92. The Morgan fingerprint density at radius 2 is 2.17 bits per heavy atom. The Kier molecular flexibility index (Phi) is 3.33. The van der Waals surface area contributed by atoms with E-state index in [0.717, 1.165) is 23.3 Å². The molecule has 3 rings (SSSR count). The molecule has 2 unspecified atom stereocenters. The van der Waals surface area contributed by atoms with Gasteiger partial charge >= 0.3 is 0 Å². The van der Waals surface area contributed by atoms with Crippen molar-refractivity contribution in [3.63, 3.8) is 0 Å². The summed E-state index contributed by atoms with van der Waals surface area (Å²) in [6, 6.07) is 8.45. The minimum atomic E-state index is 0.420. The van der Waals surface area contributed by atoms with Crippen molar-refractivity contribution in [2.24, 2.45) is 5.92 Å². The monoisotopic (exact) mass is 261 g/mol. The molecule has 1 aliphatic rings. The third kappa shape index (κ3) is 2.27. The summed E-state index contributed by atoms with van der Waals surface area (Å²) in [7, 11) is 0. The maximum Gasteiger partial charge on any atom is 0.223 e. The minimum Gasteiger partial charge on any atom is -0.351 e. The van der Waals surface area contributed by atoms with Crippen LogP contribution in [0.25, 0.3) is 10.9 Å². The highest BCUT2D eigenvalue weighted by molar-refractivity contribution is 6.18. The van der Waals surface area contributed by atoms with E-state index >= 15 is 0 Å². The van der Waals surface area contributed by atoms with Crippen molar-refractivity contribution in [2.75, 3.05) is 11.2 Å². The lowest BCUT2D eigenvalue weighted by Crippen LogP contribution is -2.26. The van der Waals surface area contributed by atoms with Crippen LogP contribution in [0.1, 0.15) is 19.3 Å². The van der Waals surface area contributed by atoms with Gasteiger partial charge in [-0.2, -0.15) is 0 Å². The van der Waals surface area contributed by atoms with Crippen molar-refractivity contribution in [1.29, 1.82) is 0 Å². The molecule has 2 atom stereocenters. The number of fused-ring (bicyclic) bond motifs is 1. The number of benzene rings is 1. The predicted octanol–water partition coefficient (Wildman–Crippen LogP) is 3.45. The molecule has 94 valence electrons. The van der Waals surface area contributed by atoms with Crippen molar-refractivity contribution >= 4 is 28.5 Å². The smallest absolute Gasteiger partial charge is 0.223 e. The number of hydrogen-bond acceptors (Lipinski definition) is 3. The number of hydrogen-bond donors (Lipinski definition) is 1. The highest BCUT2D eigenvalue weighted by Crippen LogP contribution is 2.28. The van der Waals surface area contributed by atoms with Gasteiger partial charge in [-0.25, -0.2) is 9.97 Å². The number of halogens is 1. The molecule has 1 N–H and O–H groups in total. The summed E-state index contributed by atoms with van der Waals surface area (Å²) in [5.41, 5.74) is 0.982. The van der Waals surface area contributed by atoms with Crippen LogP contribution in [0.4, 0.5) is 5.95 Å². The summed E-state index contributed by atoms with van der Waals surface area (Å²) in [5, 5.41) is 4.50. The number of anilines is 1. The second kappa shape index (κ2) is 5.11. The molecule has 0 bridgehead atoms. The number of nitrogens with zero attached hydrogens (tertiary/aromatic N) is 2. The maximum atomic E-state index is 5.98. The molecule has 1 aliphatic carbocycles. The zero-order valence-electron chi connectivity index (χ0n) is 10.1. The van der Waals surface area contributed by atoms with Gasteiger partial charge in [0.2, 0.25) is 5.95 Å². The number of para-hydroxylation sites is 1. The standard InChI is InChI=1S/C14H16ClN3/c15-8-10-5-3-7-12(10)17-14-16-9-11-4-1-2-6-13(11)18-14/h1-2,4,6,9-10,12H,3,5,7-8H2,(H,16,17,18). The maximum absolute atomic E-state index is 5.98. The Bertz CT molecular complexity index is 543. The zero-order chi connectivity index (χ0) is 12.4. The van der Waals surface area contributed by atoms with Crippen molar-refractivity contribution in [1.82, 2.24) is 9.97 Å². The first-order chi connectivity index (χ1) is 8.86. The molecule has 3 nitrogen and oxygen atoms in total. The highest BCUT2D eigenvalue weighted by Gasteiger charge is 2.26. The van der Waals surface area contributed by atoms with Crippen molar-refractivity contribution in [3.05, 3.63) is 30.5 Å². The highest BCUT2D eigenvalue weighted by atomic mass is 35.5. The van der Waals surface area contributed by atoms with E-state index in [4.69, 9.17) is 11.6 Å². The van der Waals surface area contributed by atoms with Gasteiger partial charge < -0.3 is 5.32 Å². The Labute approximate surface area is 112 Å². The fourth-order valence-electron chi connectivity index (χ4n) is 2.62. The van der Waals surface area contributed by atoms with Gasteiger partial charge in [-0.1, -0.05) is 24.6 Å². The Morgan fingerprint density at radius 3 is 3.06 bits per heavy atom. The lowest BCUT2D eigenvalue weighted by molar-refractivity contribution is 0.559. The van der Waals surface area contributed by atoms with Crippen LogP contribution in [-0.4, -0.2) is 21.9 Å². The van der Waals surface area contributed by atoms with Gasteiger partial charge in [0.1, 0.15) is 0 Å². The van der Waals surface area contributed by atoms with Gasteiger partial charge in [-0.05, 0) is 24.8 Å². The third-order valence-electron chi connectivity index (χ3n) is 3.66. The van der Waals surface area contributed by atoms with Crippen LogP contribution in [0.5, 0.6) is 0 Å². The molecule has 1 fully saturated rings. The van der Waals surface area contributed by atoms with Crippen LogP contribution >= 0.6 is 11.6 Å². The first-order valence-corrected chi connectivity index (χ1v) is 6.94. The average molecular weight is 262 g/mol. The first-order valence-electron chi connectivity index (χ1n) is 6.41. The van der Waals surface area contributed by atoms with E-state index in [0.29, 0.717) is 17.8 Å². The lowest BCUT2D eigenvalue weighted by Gasteiger charge is -2.18. The molecule has 1 heterocycles. The van der Waals surface area contributed by atoms with Crippen molar-refractivity contribution in [3.8, 4) is 0 Å². The van der Waals surface area contributed by atoms with E-state index in [9.17, 15) is 0 Å². The summed E-state index contributed by atoms with van der Waals surface area (Å²) >= 11 is 5.98. The van der Waals surface area contributed by atoms with Gasteiger partial charge in [-0.3, -0.25) is 0 Å². The fourth-order valence-corrected chi connectivity index (χ4v) is 2.99. The number of nitrogens with one attached hydrogen (secondary N) is 1. The lowest BCUT2D eigenvalue weighted by atomic mass is 10.1. The number of alkyl halides is 1. The Balaban J connectivity index is 1.82. The molecular formula is C14H16ClN3. The molecule has 4 heteroatoms. The molecular weight excluding hydrogens is 246 g/mol. The van der Waals surface area contributed by atoms with E-state index < -0.39 is 0 Å². The third-order valence-corrected chi connectivity index (χ3v) is 4.06. The van der Waals surface area contributed by atoms with Crippen LogP contribution in [0.2, 0.25) is 0 Å². The first kappa shape index (κ1) is 11.7. The molecule has 1 aromatic heterocycles. The van der Waals surface area contributed by atoms with Crippen LogP contribution in [0.3, 0.4) is 0 Å². The van der Waals surface area contributed by atoms with Gasteiger partial charge in [0.15, 0.2) is 0 Å². The van der Waals surface area contributed by atoms with Crippen LogP contribution < -0.4 is 5.32 Å². The van der Waals surface area contributed by atoms with Gasteiger partial charge in [0.25, 0.3) is 0 Å². The number of rotatable bonds is 3. The van der Waals surface area contributed by atoms with E-state index in [1.165, 1.54) is 12.8 Å². The average Bonchev–Trinajstić information content (AvgIpc) is 2.86. The molecule has 2 aromatic rings. The normalized spacial score (nSPS) is 23.4. The molecule has 0 amide bonds.